The summed E-state index contributed by atoms with van der Waals surface area (Å²) in [5, 5.41) is 25.4. The average Bonchev–Trinajstić information content (AvgIpc) is 3.35. The van der Waals surface area contributed by atoms with Crippen LogP contribution in [0.1, 0.15) is 26.0 Å². The number of anilines is 1. The molecule has 0 bridgehead atoms. The number of hydrogen-bond acceptors (Lipinski definition) is 12. The number of aliphatic hydroxyl groups is 2. The molecule has 35 heavy (non-hydrogen) atoms. The van der Waals surface area contributed by atoms with Crippen LogP contribution in [0.25, 0.3) is 11.0 Å². The first kappa shape index (κ1) is 26.8. The number of phosphoric ester groups is 1. The summed E-state index contributed by atoms with van der Waals surface area (Å²) in [5.41, 5.74) is -1.58. The van der Waals surface area contributed by atoms with Gasteiger partial charge < -0.3 is 44.4 Å². The van der Waals surface area contributed by atoms with Crippen LogP contribution in [0.2, 0.25) is 0 Å². The molecule has 2 aromatic rings. The highest BCUT2D eigenvalue weighted by Crippen LogP contribution is 2.66. The number of ether oxygens (including phenoxy) is 1. The number of fused-ring (bicyclic) bond motifs is 1. The Kier molecular flexibility index (Phi) is 7.05. The molecular weight excluding hydrogens is 537 g/mol. The fourth-order valence-electron chi connectivity index (χ4n) is 3.54. The Balaban J connectivity index is 1.48. The quantitative estimate of drug-likeness (QED) is 0.194. The minimum atomic E-state index is -5.71. The van der Waals surface area contributed by atoms with Crippen molar-refractivity contribution in [3.8, 4) is 0 Å². The van der Waals surface area contributed by atoms with E-state index in [2.05, 4.69) is 28.4 Å². The summed E-state index contributed by atoms with van der Waals surface area (Å²) >= 11 is 0. The molecule has 7 N–H and O–H groups in total. The Hall–Kier alpha value is -1.29. The smallest absolute Gasteiger partial charge is 0.387 e. The van der Waals surface area contributed by atoms with Gasteiger partial charge >= 0.3 is 23.5 Å². The molecule has 0 aromatic carbocycles. The minimum absolute atomic E-state index is 0.309. The number of phosphoric acid groups is 3. The summed E-state index contributed by atoms with van der Waals surface area (Å²) in [5.74, 6) is 0.582. The maximum absolute atomic E-state index is 12.0. The molecule has 6 atom stereocenters. The van der Waals surface area contributed by atoms with E-state index in [4.69, 9.17) is 14.5 Å². The van der Waals surface area contributed by atoms with Gasteiger partial charge in [0.25, 0.3) is 0 Å². The second kappa shape index (κ2) is 9.23. The zero-order chi connectivity index (χ0) is 25.8. The summed E-state index contributed by atoms with van der Waals surface area (Å²) in [6, 6.07) is 1.99. The number of nitrogens with one attached hydrogen (secondary N) is 1. The summed E-state index contributed by atoms with van der Waals surface area (Å²) in [6.07, 6.45) is 0.524. The first-order valence-corrected chi connectivity index (χ1v) is 14.5. The van der Waals surface area contributed by atoms with Crippen molar-refractivity contribution in [3.63, 3.8) is 0 Å². The Bertz CT molecular complexity index is 1240. The highest BCUT2D eigenvalue weighted by atomic mass is 31.3. The highest BCUT2D eigenvalue weighted by molar-refractivity contribution is 7.66. The molecule has 20 heteroatoms. The second-order valence-electron chi connectivity index (χ2n) is 8.19. The van der Waals surface area contributed by atoms with E-state index in [0.717, 1.165) is 12.8 Å². The van der Waals surface area contributed by atoms with Crippen molar-refractivity contribution in [2.45, 2.75) is 49.8 Å². The minimum Gasteiger partial charge on any atom is -0.387 e. The topological polar surface area (TPSA) is 252 Å². The maximum Gasteiger partial charge on any atom is 0.490 e. The van der Waals surface area contributed by atoms with Gasteiger partial charge in [0.2, 0.25) is 0 Å². The van der Waals surface area contributed by atoms with E-state index >= 15 is 0 Å². The summed E-state index contributed by atoms with van der Waals surface area (Å²) in [4.78, 5) is 44.4. The Morgan fingerprint density at radius 3 is 2.49 bits per heavy atom. The molecule has 0 radical (unpaired) electrons. The van der Waals surface area contributed by atoms with Crippen LogP contribution in [0.15, 0.2) is 18.6 Å². The maximum atomic E-state index is 12.0. The first-order chi connectivity index (χ1) is 16.1. The van der Waals surface area contributed by atoms with E-state index in [0.29, 0.717) is 22.9 Å². The second-order valence-corrected chi connectivity index (χ2v) is 12.6. The molecular formula is C15H23N4O13P3. The number of aromatic nitrogens is 3. The van der Waals surface area contributed by atoms with Crippen LogP contribution in [0, 0.1) is 0 Å². The molecule has 2 fully saturated rings. The lowest BCUT2D eigenvalue weighted by Crippen LogP contribution is -2.44. The lowest BCUT2D eigenvalue weighted by Gasteiger charge is -2.27. The van der Waals surface area contributed by atoms with Gasteiger partial charge in [-0.3, -0.25) is 4.52 Å². The number of aliphatic hydroxyl groups excluding tert-OH is 1. The third-order valence-corrected chi connectivity index (χ3v) is 9.06. The van der Waals surface area contributed by atoms with Crippen LogP contribution in [-0.2, 0) is 31.6 Å². The van der Waals surface area contributed by atoms with Crippen molar-refractivity contribution in [2.75, 3.05) is 11.9 Å². The lowest BCUT2D eigenvalue weighted by molar-refractivity contribution is -0.0947. The average molecular weight is 560 g/mol. The van der Waals surface area contributed by atoms with E-state index in [1.807, 2.05) is 0 Å². The van der Waals surface area contributed by atoms with Crippen LogP contribution < -0.4 is 5.32 Å². The summed E-state index contributed by atoms with van der Waals surface area (Å²) < 4.78 is 53.0. The number of hydrogen-bond donors (Lipinski definition) is 7. The lowest BCUT2D eigenvalue weighted by atomic mass is 9.96. The molecule has 2 aliphatic rings. The Morgan fingerprint density at radius 2 is 1.86 bits per heavy atom. The largest absolute Gasteiger partial charge is 0.490 e. The third-order valence-electron chi connectivity index (χ3n) is 5.25. The summed E-state index contributed by atoms with van der Waals surface area (Å²) in [6.45, 7) is 0.323. The van der Waals surface area contributed by atoms with Crippen LogP contribution in [0.5, 0.6) is 0 Å². The molecule has 2 aromatic heterocycles. The van der Waals surface area contributed by atoms with Gasteiger partial charge in [-0.1, -0.05) is 0 Å². The molecule has 1 saturated carbocycles. The van der Waals surface area contributed by atoms with E-state index in [1.165, 1.54) is 17.8 Å². The molecule has 196 valence electrons. The van der Waals surface area contributed by atoms with E-state index in [-0.39, 0.29) is 0 Å². The number of nitrogens with zero attached hydrogens (tertiary/aromatic N) is 3. The van der Waals surface area contributed by atoms with Crippen molar-refractivity contribution in [3.05, 3.63) is 18.6 Å². The van der Waals surface area contributed by atoms with Crippen molar-refractivity contribution in [1.29, 1.82) is 0 Å². The third kappa shape index (κ3) is 6.17. The van der Waals surface area contributed by atoms with Gasteiger partial charge in [0, 0.05) is 12.2 Å². The van der Waals surface area contributed by atoms with Crippen molar-refractivity contribution < 1.29 is 61.4 Å². The fourth-order valence-corrected chi connectivity index (χ4v) is 6.57. The van der Waals surface area contributed by atoms with Gasteiger partial charge in [-0.25, -0.2) is 23.7 Å². The van der Waals surface area contributed by atoms with Crippen LogP contribution >= 0.6 is 23.5 Å². The fraction of sp³-hybridized carbons (Fsp3) is 0.600. The molecule has 0 amide bonds. The monoisotopic (exact) mass is 560 g/mol. The predicted octanol–water partition coefficient (Wildman–Crippen LogP) is 0.358. The van der Waals surface area contributed by atoms with Gasteiger partial charge in [-0.2, -0.15) is 8.62 Å². The van der Waals surface area contributed by atoms with Crippen molar-refractivity contribution in [1.82, 2.24) is 14.5 Å². The van der Waals surface area contributed by atoms with Gasteiger partial charge in [0.15, 0.2) is 6.23 Å². The molecule has 1 aliphatic carbocycles. The molecule has 2 unspecified atom stereocenters. The standard InChI is InChI=1S/C15H23N4O13P3/c1-15(21)11(20)10(6-29-34(25,26)32-35(27,28)31-33(22,23)24)30-14(15)19-5-4-9-12(18-8-2-3-8)16-7-17-13(9)19/h4-5,7-8,10-11,14,20-21H,2-3,6H2,1H3,(H,25,26)(H,27,28)(H,16,17,18)(H2,22,23,24)/t10-,11-,14-,15-/m1/s1. The predicted molar refractivity (Wildman–Crippen MR) is 115 cm³/mol. The molecule has 1 saturated heterocycles. The first-order valence-electron chi connectivity index (χ1n) is 10.0. The molecule has 4 rings (SSSR count). The van der Waals surface area contributed by atoms with Crippen molar-refractivity contribution >= 4 is 40.3 Å². The normalized spacial score (nSPS) is 30.8. The van der Waals surface area contributed by atoms with Gasteiger partial charge in [0.05, 0.1) is 12.0 Å². The van der Waals surface area contributed by atoms with Crippen LogP contribution in [-0.4, -0.2) is 74.8 Å². The molecule has 1 aliphatic heterocycles. The van der Waals surface area contributed by atoms with E-state index in [9.17, 15) is 33.7 Å². The van der Waals surface area contributed by atoms with E-state index in [1.54, 1.807) is 12.3 Å². The SMILES string of the molecule is C[C@@]1(O)[C@H](O)[C@@H](COP(=O)(O)OP(=O)(O)OP(=O)(O)O)O[C@H]1n1ccc2c(NC3CC3)ncnc21. The van der Waals surface area contributed by atoms with Crippen LogP contribution in [0.3, 0.4) is 0 Å². The summed E-state index contributed by atoms with van der Waals surface area (Å²) in [7, 11) is -16.7. The van der Waals surface area contributed by atoms with E-state index < -0.39 is 54.1 Å². The van der Waals surface area contributed by atoms with Gasteiger partial charge in [-0.15, -0.1) is 0 Å². The van der Waals surface area contributed by atoms with Crippen molar-refractivity contribution in [2.24, 2.45) is 0 Å². The zero-order valence-corrected chi connectivity index (χ0v) is 20.6. The highest BCUT2D eigenvalue weighted by Gasteiger charge is 2.54. The Morgan fingerprint density at radius 1 is 1.17 bits per heavy atom. The molecule has 17 nitrogen and oxygen atoms in total. The number of rotatable bonds is 10. The van der Waals surface area contributed by atoms with Gasteiger partial charge in [-0.05, 0) is 25.8 Å². The molecule has 0 spiro atoms. The van der Waals surface area contributed by atoms with Crippen LogP contribution in [0.4, 0.5) is 5.82 Å². The molecule has 3 heterocycles. The zero-order valence-electron chi connectivity index (χ0n) is 17.9. The van der Waals surface area contributed by atoms with Gasteiger partial charge in [0.1, 0.15) is 35.6 Å². The Labute approximate surface area is 197 Å².